The second-order valence-corrected chi connectivity index (χ2v) is 14.4. The minimum Gasteiger partial charge on any atom is -0.310 e. The van der Waals surface area contributed by atoms with Gasteiger partial charge in [-0.15, -0.1) is 11.3 Å². The highest BCUT2D eigenvalue weighted by atomic mass is 32.1. The molecule has 0 saturated carbocycles. The molecule has 0 amide bonds. The highest BCUT2D eigenvalue weighted by molar-refractivity contribution is 7.26. The first-order chi connectivity index (χ1) is 26.3. The van der Waals surface area contributed by atoms with Gasteiger partial charge in [0.2, 0.25) is 0 Å². The Morgan fingerprint density at radius 3 is 1.47 bits per heavy atom. The van der Waals surface area contributed by atoms with Gasteiger partial charge in [-0.2, -0.15) is 0 Å². The van der Waals surface area contributed by atoms with Crippen LogP contribution in [0.15, 0.2) is 206 Å². The van der Waals surface area contributed by atoms with Crippen LogP contribution in [0.4, 0.5) is 34.1 Å². The number of fused-ring (bicyclic) bond motifs is 5. The van der Waals surface area contributed by atoms with Crippen molar-refractivity contribution in [1.29, 1.82) is 0 Å². The predicted octanol–water partition coefficient (Wildman–Crippen LogP) is 15.0. The maximum atomic E-state index is 2.46. The quantitative estimate of drug-likeness (QED) is 0.164. The molecule has 53 heavy (non-hydrogen) atoms. The highest BCUT2D eigenvalue weighted by Crippen LogP contribution is 2.49. The van der Waals surface area contributed by atoms with E-state index >= 15 is 0 Å². The molecule has 0 bridgehead atoms. The van der Waals surface area contributed by atoms with E-state index in [4.69, 9.17) is 0 Å². The fraction of sp³-hybridized carbons (Fsp3) is 0. The minimum absolute atomic E-state index is 1.11. The maximum Gasteiger partial charge on any atom is 0.0555 e. The van der Waals surface area contributed by atoms with Crippen molar-refractivity contribution in [2.24, 2.45) is 0 Å². The van der Waals surface area contributed by atoms with E-state index < -0.39 is 0 Å². The number of nitrogens with zero attached hydrogens (tertiary/aromatic N) is 2. The first kappa shape index (κ1) is 31.1. The summed E-state index contributed by atoms with van der Waals surface area (Å²) < 4.78 is 2.58. The molecule has 250 valence electrons. The van der Waals surface area contributed by atoms with Gasteiger partial charge in [-0.05, 0) is 94.7 Å². The molecule has 0 unspecified atom stereocenters. The average Bonchev–Trinajstić information content (AvgIpc) is 3.60. The second kappa shape index (κ2) is 13.1. The Hall–Kier alpha value is -6.68. The van der Waals surface area contributed by atoms with Gasteiger partial charge >= 0.3 is 0 Å². The average molecular weight is 695 g/mol. The smallest absolute Gasteiger partial charge is 0.0555 e. The van der Waals surface area contributed by atoms with Crippen LogP contribution in [0.2, 0.25) is 0 Å². The number of para-hydroxylation sites is 2. The summed E-state index contributed by atoms with van der Waals surface area (Å²) in [6.45, 7) is 0. The van der Waals surface area contributed by atoms with Gasteiger partial charge in [-0.25, -0.2) is 0 Å². The summed E-state index contributed by atoms with van der Waals surface area (Å²) in [6, 6.07) is 74.6. The molecular weight excluding hydrogens is 661 g/mol. The Kier molecular flexibility index (Phi) is 7.71. The first-order valence-electron chi connectivity index (χ1n) is 18.0. The molecule has 0 spiro atoms. The van der Waals surface area contributed by atoms with Gasteiger partial charge in [0, 0.05) is 48.0 Å². The molecule has 1 aromatic heterocycles. The van der Waals surface area contributed by atoms with Crippen molar-refractivity contribution >= 4 is 87.2 Å². The normalized spacial score (nSPS) is 11.4. The van der Waals surface area contributed by atoms with Gasteiger partial charge in [0.15, 0.2) is 0 Å². The molecule has 0 saturated heterocycles. The first-order valence-corrected chi connectivity index (χ1v) is 18.8. The van der Waals surface area contributed by atoms with Crippen LogP contribution in [0.1, 0.15) is 0 Å². The van der Waals surface area contributed by atoms with E-state index in [0.717, 1.165) is 28.4 Å². The number of rotatable bonds is 7. The third-order valence-corrected chi connectivity index (χ3v) is 11.3. The molecule has 0 N–H and O–H groups in total. The fourth-order valence-electron chi connectivity index (χ4n) is 7.76. The molecule has 10 aromatic rings. The van der Waals surface area contributed by atoms with Crippen LogP contribution >= 0.6 is 11.3 Å². The predicted molar refractivity (Wildman–Crippen MR) is 229 cm³/mol. The molecule has 10 rings (SSSR count). The molecule has 0 aliphatic rings. The number of benzene rings is 9. The maximum absolute atomic E-state index is 2.46. The van der Waals surface area contributed by atoms with Crippen molar-refractivity contribution in [1.82, 2.24) is 0 Å². The monoisotopic (exact) mass is 694 g/mol. The lowest BCUT2D eigenvalue weighted by molar-refractivity contribution is 1.28. The lowest BCUT2D eigenvalue weighted by Crippen LogP contribution is -2.13. The van der Waals surface area contributed by atoms with Gasteiger partial charge in [-0.3, -0.25) is 0 Å². The van der Waals surface area contributed by atoms with E-state index in [1.807, 2.05) is 11.3 Å². The summed E-state index contributed by atoms with van der Waals surface area (Å²) in [5.41, 5.74) is 9.18. The Labute approximate surface area is 313 Å². The number of thiophene rings is 1. The van der Waals surface area contributed by atoms with Crippen molar-refractivity contribution in [2.45, 2.75) is 0 Å². The second-order valence-electron chi connectivity index (χ2n) is 13.4. The molecule has 1 heterocycles. The van der Waals surface area contributed by atoms with Crippen LogP contribution in [0.3, 0.4) is 0 Å². The van der Waals surface area contributed by atoms with E-state index in [-0.39, 0.29) is 0 Å². The minimum atomic E-state index is 1.11. The standard InChI is InChI=1S/C50H34N2S/c1-4-15-35(16-5-1)36-27-29-41(30-28-36)51(39-19-6-2-7-20-39)45-31-32-46(43-24-13-12-23-42(43)45)52(40-21-8-3-9-22-40)47-25-14-26-48-50(47)44-33-37-17-10-11-18-38(37)34-49(44)53-48/h1-34H. The van der Waals surface area contributed by atoms with Crippen molar-refractivity contribution in [3.63, 3.8) is 0 Å². The van der Waals surface area contributed by atoms with Crippen LogP contribution in [0.25, 0.3) is 52.8 Å². The number of anilines is 6. The van der Waals surface area contributed by atoms with Crippen LogP contribution in [0, 0.1) is 0 Å². The summed E-state index contributed by atoms with van der Waals surface area (Å²) in [5, 5.41) is 7.45. The molecule has 2 nitrogen and oxygen atoms in total. The highest BCUT2D eigenvalue weighted by Gasteiger charge is 2.23. The van der Waals surface area contributed by atoms with Gasteiger partial charge in [-0.1, -0.05) is 133 Å². The third-order valence-electron chi connectivity index (χ3n) is 10.2. The number of hydrogen-bond acceptors (Lipinski definition) is 3. The fourth-order valence-corrected chi connectivity index (χ4v) is 8.92. The summed E-state index contributed by atoms with van der Waals surface area (Å²) >= 11 is 1.87. The third kappa shape index (κ3) is 5.50. The van der Waals surface area contributed by atoms with Crippen LogP contribution in [0.5, 0.6) is 0 Å². The van der Waals surface area contributed by atoms with Crippen LogP contribution < -0.4 is 9.80 Å². The van der Waals surface area contributed by atoms with Crippen molar-refractivity contribution in [2.75, 3.05) is 9.80 Å². The Balaban J connectivity index is 1.19. The topological polar surface area (TPSA) is 6.48 Å². The zero-order chi connectivity index (χ0) is 35.1. The zero-order valence-corrected chi connectivity index (χ0v) is 29.7. The van der Waals surface area contributed by atoms with E-state index in [0.29, 0.717) is 0 Å². The van der Waals surface area contributed by atoms with Gasteiger partial charge in [0.1, 0.15) is 0 Å². The van der Waals surface area contributed by atoms with Gasteiger partial charge in [0.25, 0.3) is 0 Å². The Morgan fingerprint density at radius 1 is 0.302 bits per heavy atom. The largest absolute Gasteiger partial charge is 0.310 e. The molecule has 0 fully saturated rings. The SMILES string of the molecule is c1ccc(-c2ccc(N(c3ccccc3)c3ccc(N(c4ccccc4)c4cccc5sc6cc7ccccc7cc6c45)c4ccccc34)cc2)cc1. The van der Waals surface area contributed by atoms with Crippen molar-refractivity contribution in [3.05, 3.63) is 206 Å². The molecule has 0 aliphatic heterocycles. The lowest BCUT2D eigenvalue weighted by Gasteiger charge is -2.31. The summed E-state index contributed by atoms with van der Waals surface area (Å²) in [6.07, 6.45) is 0. The Morgan fingerprint density at radius 2 is 0.811 bits per heavy atom. The van der Waals surface area contributed by atoms with Crippen molar-refractivity contribution < 1.29 is 0 Å². The Bertz CT molecular complexity index is 2880. The van der Waals surface area contributed by atoms with E-state index in [1.54, 1.807) is 0 Å². The summed E-state index contributed by atoms with van der Waals surface area (Å²) in [5.74, 6) is 0. The summed E-state index contributed by atoms with van der Waals surface area (Å²) in [4.78, 5) is 4.84. The molecular formula is C50H34N2S. The summed E-state index contributed by atoms with van der Waals surface area (Å²) in [7, 11) is 0. The van der Waals surface area contributed by atoms with E-state index in [1.165, 1.54) is 58.5 Å². The molecule has 0 atom stereocenters. The molecule has 0 aliphatic carbocycles. The van der Waals surface area contributed by atoms with Gasteiger partial charge in [0.05, 0.1) is 17.1 Å². The number of hydrogen-bond donors (Lipinski definition) is 0. The van der Waals surface area contributed by atoms with E-state index in [9.17, 15) is 0 Å². The molecule has 9 aromatic carbocycles. The zero-order valence-electron chi connectivity index (χ0n) is 28.9. The molecule has 0 radical (unpaired) electrons. The van der Waals surface area contributed by atoms with E-state index in [2.05, 4.69) is 216 Å². The van der Waals surface area contributed by atoms with Crippen LogP contribution in [-0.2, 0) is 0 Å². The molecule has 3 heteroatoms. The van der Waals surface area contributed by atoms with Gasteiger partial charge < -0.3 is 9.80 Å². The van der Waals surface area contributed by atoms with Crippen LogP contribution in [-0.4, -0.2) is 0 Å². The lowest BCUT2D eigenvalue weighted by atomic mass is 10.0. The van der Waals surface area contributed by atoms with Crippen molar-refractivity contribution in [3.8, 4) is 11.1 Å².